The van der Waals surface area contributed by atoms with Gasteiger partial charge in [0, 0.05) is 37.5 Å². The van der Waals surface area contributed by atoms with Crippen LogP contribution in [0.15, 0.2) is 35.4 Å². The van der Waals surface area contributed by atoms with Gasteiger partial charge in [0.1, 0.15) is 11.6 Å². The van der Waals surface area contributed by atoms with Crippen molar-refractivity contribution in [3.05, 3.63) is 46.9 Å². The van der Waals surface area contributed by atoms with Crippen LogP contribution in [0.1, 0.15) is 25.7 Å². The van der Waals surface area contributed by atoms with Crippen LogP contribution in [0, 0.1) is 5.82 Å². The lowest BCUT2D eigenvalue weighted by molar-refractivity contribution is 0.203. The lowest BCUT2D eigenvalue weighted by atomic mass is 10.0. The maximum atomic E-state index is 14.9. The summed E-state index contributed by atoms with van der Waals surface area (Å²) in [4.78, 5) is 25.7. The van der Waals surface area contributed by atoms with Gasteiger partial charge in [0.25, 0.3) is 0 Å². The zero-order valence-electron chi connectivity index (χ0n) is 18.5. The number of likely N-dealkylation sites (tertiary alicyclic amines) is 1. The number of phenols is 1. The highest BCUT2D eigenvalue weighted by Gasteiger charge is 2.20. The number of H-pyrrole nitrogens is 1. The standard InChI is InChI=1S/C24H26FN5O3/c1-29-18-14-26-17-12-16(25)20(23(31)21(17)22(18)28-24(29)32)15-6-7-19(27-13-15)33-11-5-10-30-8-3-2-4-9-30/h6-7,12-14,31H,2-5,8-11H2,1H3,(H,28,32). The second kappa shape index (κ2) is 8.82. The molecule has 5 rings (SSSR count). The van der Waals surface area contributed by atoms with E-state index in [2.05, 4.69) is 19.9 Å². The van der Waals surface area contributed by atoms with Crippen molar-refractivity contribution < 1.29 is 14.2 Å². The van der Waals surface area contributed by atoms with Gasteiger partial charge in [0.2, 0.25) is 5.88 Å². The molecule has 1 aromatic carbocycles. The number of aryl methyl sites for hydroxylation is 1. The fourth-order valence-corrected chi connectivity index (χ4v) is 4.51. The number of ether oxygens (including phenoxy) is 1. The molecule has 0 atom stereocenters. The summed E-state index contributed by atoms with van der Waals surface area (Å²) < 4.78 is 22.1. The van der Waals surface area contributed by atoms with E-state index < -0.39 is 5.82 Å². The molecule has 1 aliphatic rings. The van der Waals surface area contributed by atoms with Crippen molar-refractivity contribution >= 4 is 21.9 Å². The molecule has 8 nitrogen and oxygen atoms in total. The summed E-state index contributed by atoms with van der Waals surface area (Å²) in [7, 11) is 1.60. The lowest BCUT2D eigenvalue weighted by Crippen LogP contribution is -2.31. The smallest absolute Gasteiger partial charge is 0.326 e. The Labute approximate surface area is 189 Å². The molecule has 9 heteroatoms. The first-order chi connectivity index (χ1) is 16.0. The number of phenolic OH excluding ortho intramolecular Hbond substituents is 1. The van der Waals surface area contributed by atoms with Crippen LogP contribution in [-0.4, -0.2) is 55.8 Å². The molecule has 3 aromatic heterocycles. The van der Waals surface area contributed by atoms with Crippen molar-refractivity contribution in [2.45, 2.75) is 25.7 Å². The zero-order chi connectivity index (χ0) is 22.9. The van der Waals surface area contributed by atoms with Gasteiger partial charge in [0.05, 0.1) is 40.3 Å². The number of benzene rings is 1. The minimum Gasteiger partial charge on any atom is -0.506 e. The van der Waals surface area contributed by atoms with Crippen LogP contribution in [0.5, 0.6) is 11.6 Å². The summed E-state index contributed by atoms with van der Waals surface area (Å²) in [5, 5.41) is 11.3. The lowest BCUT2D eigenvalue weighted by Gasteiger charge is -2.26. The molecule has 0 spiro atoms. The van der Waals surface area contributed by atoms with Crippen molar-refractivity contribution in [3.8, 4) is 22.8 Å². The van der Waals surface area contributed by atoms with E-state index in [1.165, 1.54) is 42.3 Å². The van der Waals surface area contributed by atoms with Crippen LogP contribution in [0.4, 0.5) is 4.39 Å². The summed E-state index contributed by atoms with van der Waals surface area (Å²) in [6.45, 7) is 3.89. The van der Waals surface area contributed by atoms with Gasteiger partial charge in [0.15, 0.2) is 0 Å². The third kappa shape index (κ3) is 4.04. The second-order valence-electron chi connectivity index (χ2n) is 8.47. The number of nitrogens with one attached hydrogen (secondary N) is 1. The van der Waals surface area contributed by atoms with Gasteiger partial charge >= 0.3 is 5.69 Å². The van der Waals surface area contributed by atoms with E-state index >= 15 is 0 Å². The number of rotatable bonds is 6. The molecule has 1 fully saturated rings. The minimum absolute atomic E-state index is 0.00523. The molecule has 4 aromatic rings. The van der Waals surface area contributed by atoms with E-state index in [-0.39, 0.29) is 22.5 Å². The third-order valence-corrected chi connectivity index (χ3v) is 6.30. The number of hydrogen-bond donors (Lipinski definition) is 2. The van der Waals surface area contributed by atoms with Crippen LogP contribution >= 0.6 is 0 Å². The summed E-state index contributed by atoms with van der Waals surface area (Å²) in [6.07, 6.45) is 7.73. The number of pyridine rings is 2. The number of hydrogen-bond acceptors (Lipinski definition) is 6. The second-order valence-corrected chi connectivity index (χ2v) is 8.47. The van der Waals surface area contributed by atoms with Gasteiger partial charge in [-0.2, -0.15) is 0 Å². The topological polar surface area (TPSA) is 96.3 Å². The fraction of sp³-hybridized carbons (Fsp3) is 0.375. The number of aromatic hydroxyl groups is 1. The third-order valence-electron chi connectivity index (χ3n) is 6.30. The highest BCUT2D eigenvalue weighted by molar-refractivity contribution is 6.08. The van der Waals surface area contributed by atoms with Crippen LogP contribution in [-0.2, 0) is 7.05 Å². The van der Waals surface area contributed by atoms with Crippen molar-refractivity contribution in [1.29, 1.82) is 0 Å². The first-order valence-electron chi connectivity index (χ1n) is 11.2. The highest BCUT2D eigenvalue weighted by Crippen LogP contribution is 2.40. The van der Waals surface area contributed by atoms with Crippen LogP contribution in [0.2, 0.25) is 0 Å². The van der Waals surface area contributed by atoms with Gasteiger partial charge < -0.3 is 19.7 Å². The average Bonchev–Trinajstić information content (AvgIpc) is 3.11. The number of fused-ring (bicyclic) bond motifs is 3. The molecular formula is C24H26FN5O3. The zero-order valence-corrected chi connectivity index (χ0v) is 18.5. The number of aromatic nitrogens is 4. The number of aromatic amines is 1. The monoisotopic (exact) mass is 451 g/mol. The van der Waals surface area contributed by atoms with E-state index in [1.807, 2.05) is 0 Å². The van der Waals surface area contributed by atoms with Crippen molar-refractivity contribution in [1.82, 2.24) is 24.4 Å². The maximum Gasteiger partial charge on any atom is 0.326 e. The summed E-state index contributed by atoms with van der Waals surface area (Å²) in [5.41, 5.74) is 1.26. The minimum atomic E-state index is -0.623. The molecule has 1 aliphatic heterocycles. The Kier molecular flexibility index (Phi) is 5.72. The molecule has 172 valence electrons. The number of piperidine rings is 1. The van der Waals surface area contributed by atoms with Gasteiger partial charge in [-0.25, -0.2) is 14.2 Å². The summed E-state index contributed by atoms with van der Waals surface area (Å²) in [6, 6.07) is 4.58. The van der Waals surface area contributed by atoms with Crippen molar-refractivity contribution in [2.75, 3.05) is 26.2 Å². The number of nitrogens with zero attached hydrogens (tertiary/aromatic N) is 4. The van der Waals surface area contributed by atoms with Crippen molar-refractivity contribution in [3.63, 3.8) is 0 Å². The van der Waals surface area contributed by atoms with E-state index in [1.54, 1.807) is 19.2 Å². The van der Waals surface area contributed by atoms with Gasteiger partial charge in [-0.3, -0.25) is 9.55 Å². The Hall–Kier alpha value is -3.46. The van der Waals surface area contributed by atoms with E-state index in [4.69, 9.17) is 4.74 Å². The molecule has 0 aliphatic carbocycles. The molecule has 1 saturated heterocycles. The Morgan fingerprint density at radius 1 is 1.18 bits per heavy atom. The normalized spacial score (nSPS) is 14.8. The fourth-order valence-electron chi connectivity index (χ4n) is 4.51. The molecule has 0 saturated carbocycles. The predicted molar refractivity (Wildman–Crippen MR) is 124 cm³/mol. The quantitative estimate of drug-likeness (QED) is 0.435. The molecule has 0 radical (unpaired) electrons. The summed E-state index contributed by atoms with van der Waals surface area (Å²) >= 11 is 0. The van der Waals surface area contributed by atoms with E-state index in [9.17, 15) is 14.3 Å². The first-order valence-corrected chi connectivity index (χ1v) is 11.2. The first kappa shape index (κ1) is 21.4. The van der Waals surface area contributed by atoms with E-state index in [0.29, 0.717) is 34.5 Å². The van der Waals surface area contributed by atoms with Crippen LogP contribution in [0.3, 0.4) is 0 Å². The largest absolute Gasteiger partial charge is 0.506 e. The molecule has 0 amide bonds. The van der Waals surface area contributed by atoms with Gasteiger partial charge in [-0.15, -0.1) is 0 Å². The van der Waals surface area contributed by atoms with Gasteiger partial charge in [-0.05, 0) is 38.4 Å². The Bertz CT molecular complexity index is 1360. The van der Waals surface area contributed by atoms with E-state index in [0.717, 1.165) is 26.1 Å². The SMILES string of the molecule is Cn1c(=O)[nH]c2c3c(O)c(-c4ccc(OCCCN5CCCCC5)nc4)c(F)cc3ncc21. The predicted octanol–water partition coefficient (Wildman–Crippen LogP) is 3.58. The van der Waals surface area contributed by atoms with Crippen molar-refractivity contribution in [2.24, 2.45) is 7.05 Å². The molecular weight excluding hydrogens is 425 g/mol. The van der Waals surface area contributed by atoms with Crippen LogP contribution in [0.25, 0.3) is 33.1 Å². The van der Waals surface area contributed by atoms with Crippen LogP contribution < -0.4 is 10.4 Å². The molecule has 33 heavy (non-hydrogen) atoms. The highest BCUT2D eigenvalue weighted by atomic mass is 19.1. The molecule has 4 heterocycles. The molecule has 0 unspecified atom stereocenters. The average molecular weight is 452 g/mol. The number of halogens is 1. The Morgan fingerprint density at radius 2 is 2.00 bits per heavy atom. The maximum absolute atomic E-state index is 14.9. The molecule has 0 bridgehead atoms. The van der Waals surface area contributed by atoms with Gasteiger partial charge in [-0.1, -0.05) is 6.42 Å². The summed E-state index contributed by atoms with van der Waals surface area (Å²) in [5.74, 6) is -0.460. The Morgan fingerprint density at radius 3 is 2.76 bits per heavy atom. The molecule has 2 N–H and O–H groups in total. The number of imidazole rings is 1. The Balaban J connectivity index is 1.38.